The highest BCUT2D eigenvalue weighted by Crippen LogP contribution is 2.13. The van der Waals surface area contributed by atoms with Crippen molar-refractivity contribution in [1.29, 1.82) is 0 Å². The summed E-state index contributed by atoms with van der Waals surface area (Å²) in [7, 11) is 0. The van der Waals surface area contributed by atoms with Gasteiger partial charge >= 0.3 is 11.9 Å². The van der Waals surface area contributed by atoms with Crippen LogP contribution in [0.4, 0.5) is 0 Å². The Hall–Kier alpha value is -2.40. The van der Waals surface area contributed by atoms with Gasteiger partial charge in [-0.1, -0.05) is 158 Å². The van der Waals surface area contributed by atoms with E-state index in [0.29, 0.717) is 12.8 Å². The fourth-order valence-electron chi connectivity index (χ4n) is 5.53. The Bertz CT molecular complexity index is 884. The van der Waals surface area contributed by atoms with Crippen LogP contribution in [-0.2, 0) is 19.1 Å². The molecule has 0 aromatic heterocycles. The molecule has 288 valence electrons. The smallest absolute Gasteiger partial charge is 0.305 e. The summed E-state index contributed by atoms with van der Waals surface area (Å²) in [6, 6.07) is 0. The lowest BCUT2D eigenvalue weighted by Crippen LogP contribution is -2.25. The maximum absolute atomic E-state index is 12.0. The summed E-state index contributed by atoms with van der Waals surface area (Å²) in [4.78, 5) is 24.0. The van der Waals surface area contributed by atoms with Crippen LogP contribution in [0.15, 0.2) is 60.8 Å². The van der Waals surface area contributed by atoms with Gasteiger partial charge in [0.2, 0.25) is 0 Å². The summed E-state index contributed by atoms with van der Waals surface area (Å²) in [6.07, 6.45) is 52.7. The topological polar surface area (TPSA) is 72.8 Å². The molecule has 0 saturated heterocycles. The van der Waals surface area contributed by atoms with Gasteiger partial charge in [0, 0.05) is 12.8 Å². The Kier molecular flexibility index (Phi) is 39.1. The molecule has 0 aromatic rings. The lowest BCUT2D eigenvalue weighted by molar-refractivity contribution is -0.152. The van der Waals surface area contributed by atoms with Crippen LogP contribution in [0.2, 0.25) is 0 Å². The third-order valence-corrected chi connectivity index (χ3v) is 8.73. The molecule has 0 aliphatic heterocycles. The normalized spacial score (nSPS) is 12.8. The number of allylic oxidation sites excluding steroid dienone is 10. The fraction of sp³-hybridized carbons (Fsp3) is 0.733. The molecule has 5 heteroatoms. The molecule has 1 N–H and O–H groups in total. The minimum Gasteiger partial charge on any atom is -0.463 e. The third kappa shape index (κ3) is 40.0. The Balaban J connectivity index is 3.49. The summed E-state index contributed by atoms with van der Waals surface area (Å²) in [5, 5.41) is 10.0. The first kappa shape index (κ1) is 47.6. The molecule has 0 saturated carbocycles. The highest BCUT2D eigenvalue weighted by Gasteiger charge is 2.12. The predicted octanol–water partition coefficient (Wildman–Crippen LogP) is 13.2. The molecule has 0 unspecified atom stereocenters. The molecule has 0 rings (SSSR count). The molecular weight excluding hydrogens is 620 g/mol. The van der Waals surface area contributed by atoms with Crippen LogP contribution in [0.5, 0.6) is 0 Å². The van der Waals surface area contributed by atoms with E-state index in [2.05, 4.69) is 74.6 Å². The van der Waals surface area contributed by atoms with E-state index in [4.69, 9.17) is 9.47 Å². The van der Waals surface area contributed by atoms with E-state index >= 15 is 0 Å². The number of hydrogen-bond acceptors (Lipinski definition) is 5. The lowest BCUT2D eigenvalue weighted by Gasteiger charge is -2.12. The quantitative estimate of drug-likeness (QED) is 0.0397. The second kappa shape index (κ2) is 41.0. The van der Waals surface area contributed by atoms with Crippen LogP contribution in [0.1, 0.15) is 194 Å². The van der Waals surface area contributed by atoms with Gasteiger partial charge in [0.15, 0.2) is 0 Å². The molecule has 50 heavy (non-hydrogen) atoms. The summed E-state index contributed by atoms with van der Waals surface area (Å²) in [5.41, 5.74) is 0. The van der Waals surface area contributed by atoms with Crippen molar-refractivity contribution in [3.05, 3.63) is 60.8 Å². The maximum Gasteiger partial charge on any atom is 0.305 e. The van der Waals surface area contributed by atoms with E-state index in [0.717, 1.165) is 70.6 Å². The van der Waals surface area contributed by atoms with Crippen LogP contribution < -0.4 is 0 Å². The minimum absolute atomic E-state index is 0.127. The van der Waals surface area contributed by atoms with Crippen LogP contribution in [0.25, 0.3) is 0 Å². The van der Waals surface area contributed by atoms with Crippen molar-refractivity contribution < 1.29 is 24.2 Å². The van der Waals surface area contributed by atoms with Gasteiger partial charge in [0.1, 0.15) is 19.3 Å². The summed E-state index contributed by atoms with van der Waals surface area (Å²) >= 11 is 0. The SMILES string of the molecule is CCCCC/C=C\C/C=C\C/C=C\CCCCCCC(=O)OC[C@@H](O)COC(=O)CCCCCCCCCCC/C=C\C/C=C\CCCCC. The van der Waals surface area contributed by atoms with E-state index in [1.807, 2.05) is 0 Å². The molecule has 0 aliphatic rings. The molecular formula is C45H78O5. The van der Waals surface area contributed by atoms with Crippen LogP contribution in [-0.4, -0.2) is 36.4 Å². The number of carbonyl (C=O) groups excluding carboxylic acids is 2. The van der Waals surface area contributed by atoms with E-state index in [9.17, 15) is 14.7 Å². The van der Waals surface area contributed by atoms with Crippen molar-refractivity contribution in [2.45, 2.75) is 200 Å². The highest BCUT2D eigenvalue weighted by molar-refractivity contribution is 5.69. The molecule has 0 aliphatic carbocycles. The average Bonchev–Trinajstić information content (AvgIpc) is 3.12. The van der Waals surface area contributed by atoms with Crippen LogP contribution in [0.3, 0.4) is 0 Å². The van der Waals surface area contributed by atoms with E-state index in [1.165, 1.54) is 96.3 Å². The molecule has 0 aromatic carbocycles. The second-order valence-electron chi connectivity index (χ2n) is 13.7. The monoisotopic (exact) mass is 699 g/mol. The number of aliphatic hydroxyl groups is 1. The highest BCUT2D eigenvalue weighted by atomic mass is 16.6. The Morgan fingerprint density at radius 3 is 1.04 bits per heavy atom. The van der Waals surface area contributed by atoms with Crippen LogP contribution >= 0.6 is 0 Å². The maximum atomic E-state index is 12.0. The molecule has 0 amide bonds. The van der Waals surface area contributed by atoms with Crippen molar-refractivity contribution in [2.75, 3.05) is 13.2 Å². The number of unbranched alkanes of at least 4 members (excludes halogenated alkanes) is 19. The Morgan fingerprint density at radius 1 is 0.420 bits per heavy atom. The largest absolute Gasteiger partial charge is 0.463 e. The summed E-state index contributed by atoms with van der Waals surface area (Å²) in [5.74, 6) is -0.596. The van der Waals surface area contributed by atoms with E-state index < -0.39 is 6.10 Å². The molecule has 5 nitrogen and oxygen atoms in total. The standard InChI is InChI=1S/C45H78O5/c1-3-5-7-9-11-13-15-17-19-21-22-24-26-28-30-32-34-36-38-40-45(48)50-42-43(46)41-49-44(47)39-37-35-33-31-29-27-25-23-20-18-16-14-12-10-8-6-4-2/h11-14,17-20,25,27,43,46H,3-10,15-16,21-24,26,28-42H2,1-2H3/b13-11-,14-12-,19-17-,20-18-,27-25-/t43-/m1/s1. The zero-order valence-electron chi connectivity index (χ0n) is 32.6. The number of rotatable bonds is 37. The minimum atomic E-state index is -0.977. The van der Waals surface area contributed by atoms with Crippen molar-refractivity contribution in [3.63, 3.8) is 0 Å². The number of ether oxygens (including phenoxy) is 2. The summed E-state index contributed by atoms with van der Waals surface area (Å²) < 4.78 is 10.3. The lowest BCUT2D eigenvalue weighted by atomic mass is 10.1. The van der Waals surface area contributed by atoms with Gasteiger partial charge < -0.3 is 14.6 Å². The molecule has 0 bridgehead atoms. The van der Waals surface area contributed by atoms with Crippen molar-refractivity contribution >= 4 is 11.9 Å². The van der Waals surface area contributed by atoms with Gasteiger partial charge in [-0.25, -0.2) is 0 Å². The van der Waals surface area contributed by atoms with Gasteiger partial charge in [-0.3, -0.25) is 9.59 Å². The zero-order chi connectivity index (χ0) is 36.4. The van der Waals surface area contributed by atoms with E-state index in [-0.39, 0.29) is 25.2 Å². The molecule has 1 atom stereocenters. The van der Waals surface area contributed by atoms with Gasteiger partial charge in [-0.05, 0) is 83.5 Å². The zero-order valence-corrected chi connectivity index (χ0v) is 32.6. The van der Waals surface area contributed by atoms with Crippen molar-refractivity contribution in [1.82, 2.24) is 0 Å². The molecule has 0 fully saturated rings. The number of aliphatic hydroxyl groups excluding tert-OH is 1. The van der Waals surface area contributed by atoms with Gasteiger partial charge in [0.25, 0.3) is 0 Å². The second-order valence-corrected chi connectivity index (χ2v) is 13.7. The van der Waals surface area contributed by atoms with Gasteiger partial charge in [0.05, 0.1) is 0 Å². The number of esters is 2. The van der Waals surface area contributed by atoms with Crippen LogP contribution in [0, 0.1) is 0 Å². The third-order valence-electron chi connectivity index (χ3n) is 8.73. The van der Waals surface area contributed by atoms with Gasteiger partial charge in [-0.2, -0.15) is 0 Å². The fourth-order valence-corrected chi connectivity index (χ4v) is 5.53. The molecule has 0 heterocycles. The first-order valence-electron chi connectivity index (χ1n) is 20.8. The first-order chi connectivity index (χ1) is 24.6. The van der Waals surface area contributed by atoms with E-state index in [1.54, 1.807) is 0 Å². The molecule has 0 radical (unpaired) electrons. The average molecular weight is 699 g/mol. The molecule has 0 spiro atoms. The van der Waals surface area contributed by atoms with Gasteiger partial charge in [-0.15, -0.1) is 0 Å². The first-order valence-corrected chi connectivity index (χ1v) is 20.8. The Morgan fingerprint density at radius 2 is 0.700 bits per heavy atom. The predicted molar refractivity (Wildman–Crippen MR) is 214 cm³/mol. The van der Waals surface area contributed by atoms with Crippen molar-refractivity contribution in [3.8, 4) is 0 Å². The van der Waals surface area contributed by atoms with Crippen molar-refractivity contribution in [2.24, 2.45) is 0 Å². The summed E-state index contributed by atoms with van der Waals surface area (Å²) in [6.45, 7) is 4.22. The Labute approximate surface area is 309 Å². The number of hydrogen-bond donors (Lipinski definition) is 1. The number of carbonyl (C=O) groups is 2.